The van der Waals surface area contributed by atoms with Gasteiger partial charge in [-0.05, 0) is 44.5 Å². The van der Waals surface area contributed by atoms with Crippen molar-refractivity contribution in [2.24, 2.45) is 17.6 Å². The third kappa shape index (κ3) is 3.92. The highest BCUT2D eigenvalue weighted by Crippen LogP contribution is 2.54. The summed E-state index contributed by atoms with van der Waals surface area (Å²) in [4.78, 5) is 54.3. The van der Waals surface area contributed by atoms with E-state index in [0.717, 1.165) is 6.26 Å². The normalized spacial score (nSPS) is 26.1. The van der Waals surface area contributed by atoms with Gasteiger partial charge in [0.05, 0.1) is 23.6 Å². The molecule has 13 heteroatoms. The Labute approximate surface area is 223 Å². The van der Waals surface area contributed by atoms with Gasteiger partial charge in [-0.25, -0.2) is 4.79 Å². The smallest absolute Gasteiger partial charge is 0.416 e. The summed E-state index contributed by atoms with van der Waals surface area (Å²) >= 11 is 0. The van der Waals surface area contributed by atoms with Crippen molar-refractivity contribution in [1.82, 2.24) is 4.90 Å². The van der Waals surface area contributed by atoms with E-state index >= 15 is 0 Å². The van der Waals surface area contributed by atoms with Gasteiger partial charge in [-0.1, -0.05) is 6.58 Å². The second kappa shape index (κ2) is 9.43. The number of hydrogen-bond donors (Lipinski definition) is 6. The van der Waals surface area contributed by atoms with Crippen LogP contribution in [0.15, 0.2) is 35.8 Å². The number of primary amides is 1. The summed E-state index contributed by atoms with van der Waals surface area (Å²) in [6.07, 6.45) is -0.0133. The highest BCUT2D eigenvalue weighted by Gasteiger charge is 2.64. The predicted octanol–water partition coefficient (Wildman–Crippen LogP) is 0.722. The molecule has 3 aliphatic carbocycles. The largest absolute Gasteiger partial charge is 0.508 e. The molecule has 1 saturated carbocycles. The zero-order valence-electron chi connectivity index (χ0n) is 21.8. The number of ether oxygens (including phenoxy) is 1. The molecule has 2 amide bonds. The number of nitrogens with one attached hydrogen (secondary N) is 1. The van der Waals surface area contributed by atoms with Crippen LogP contribution in [0, 0.1) is 11.8 Å². The van der Waals surface area contributed by atoms with E-state index in [2.05, 4.69) is 16.6 Å². The maximum absolute atomic E-state index is 13.9. The molecule has 4 unspecified atom stereocenters. The molecule has 0 saturated heterocycles. The van der Waals surface area contributed by atoms with Gasteiger partial charge < -0.3 is 35.8 Å². The van der Waals surface area contributed by atoms with E-state index in [1.165, 1.54) is 25.1 Å². The standard InChI is InChI=1S/C26H30N4O9/c1-6-39-25(37)28-13-9-14(29(2)3)11-7-10-8-12-18(30(4)5)21(33)17(24(27)36)23(35)26(12,38)22(34)15(10)20(32)16(11)19(13)31/h6,9-10,12,18,31-32,35,38H,1,7-8H2,2-5H3,(H2,27,36)(H,28,37). The molecule has 0 heterocycles. The van der Waals surface area contributed by atoms with E-state index in [-0.39, 0.29) is 29.7 Å². The third-order valence-electron chi connectivity index (χ3n) is 7.61. The average molecular weight is 543 g/mol. The lowest BCUT2D eigenvalue weighted by molar-refractivity contribution is -0.153. The fraction of sp³-hybridized carbons (Fsp3) is 0.385. The van der Waals surface area contributed by atoms with Gasteiger partial charge in [-0.3, -0.25) is 24.6 Å². The summed E-state index contributed by atoms with van der Waals surface area (Å²) < 4.78 is 4.65. The Kier molecular flexibility index (Phi) is 6.69. The fourth-order valence-electron chi connectivity index (χ4n) is 6.00. The van der Waals surface area contributed by atoms with Crippen molar-refractivity contribution in [2.75, 3.05) is 38.4 Å². The first kappa shape index (κ1) is 27.7. The number of fused-ring (bicyclic) bond motifs is 3. The van der Waals surface area contributed by atoms with Gasteiger partial charge in [-0.2, -0.15) is 0 Å². The van der Waals surface area contributed by atoms with Gasteiger partial charge in [0, 0.05) is 31.3 Å². The molecule has 0 bridgehead atoms. The molecule has 1 aromatic carbocycles. The van der Waals surface area contributed by atoms with E-state index in [9.17, 15) is 39.6 Å². The summed E-state index contributed by atoms with van der Waals surface area (Å²) in [6, 6.07) is 0.296. The molecule has 3 aliphatic rings. The monoisotopic (exact) mass is 542 g/mol. The number of phenolic OH excluding ortho intramolecular Hbond substituents is 1. The predicted molar refractivity (Wildman–Crippen MR) is 139 cm³/mol. The van der Waals surface area contributed by atoms with Crippen molar-refractivity contribution in [3.63, 3.8) is 0 Å². The van der Waals surface area contributed by atoms with E-state index in [1.54, 1.807) is 19.0 Å². The summed E-state index contributed by atoms with van der Waals surface area (Å²) in [6.45, 7) is 3.29. The summed E-state index contributed by atoms with van der Waals surface area (Å²) in [5.41, 5.74) is 2.06. The zero-order valence-corrected chi connectivity index (χ0v) is 21.8. The Hall–Kier alpha value is -4.36. The van der Waals surface area contributed by atoms with E-state index in [1.807, 2.05) is 0 Å². The Balaban J connectivity index is 1.97. The first-order valence-electron chi connectivity index (χ1n) is 12.0. The molecule has 0 spiro atoms. The van der Waals surface area contributed by atoms with Crippen LogP contribution in [0.5, 0.6) is 5.75 Å². The molecule has 1 aromatic rings. The van der Waals surface area contributed by atoms with Crippen molar-refractivity contribution in [2.45, 2.75) is 24.5 Å². The highest BCUT2D eigenvalue weighted by molar-refractivity contribution is 6.24. The number of hydrogen-bond acceptors (Lipinski definition) is 11. The molecular formula is C26H30N4O9. The SMILES string of the molecule is C=COC(=O)Nc1cc(N(C)C)c2c(c1O)C(O)=C1C(=O)C3(O)C(O)=C(C(N)=O)C(=O)C(N(C)C)C3CC1C2. The quantitative estimate of drug-likeness (QED) is 0.174. The third-order valence-corrected chi connectivity index (χ3v) is 7.61. The number of carbonyl (C=O) groups excluding carboxylic acids is 4. The van der Waals surface area contributed by atoms with E-state index in [4.69, 9.17) is 5.73 Å². The Morgan fingerprint density at radius 1 is 1.21 bits per heavy atom. The molecule has 4 atom stereocenters. The molecule has 4 rings (SSSR count). The second-order valence-electron chi connectivity index (χ2n) is 10.2. The summed E-state index contributed by atoms with van der Waals surface area (Å²) in [7, 11) is 6.47. The van der Waals surface area contributed by atoms with Crippen LogP contribution in [0.1, 0.15) is 17.5 Å². The van der Waals surface area contributed by atoms with Gasteiger partial charge in [0.15, 0.2) is 17.1 Å². The van der Waals surface area contributed by atoms with Gasteiger partial charge >= 0.3 is 6.09 Å². The zero-order chi connectivity index (χ0) is 29.1. The number of benzene rings is 1. The molecule has 7 N–H and O–H groups in total. The van der Waals surface area contributed by atoms with Crippen LogP contribution in [0.25, 0.3) is 5.76 Å². The highest BCUT2D eigenvalue weighted by atomic mass is 16.5. The number of anilines is 2. The van der Waals surface area contributed by atoms with Gasteiger partial charge in [0.25, 0.3) is 5.91 Å². The number of aliphatic hydroxyl groups excluding tert-OH is 2. The van der Waals surface area contributed by atoms with Crippen LogP contribution < -0.4 is 16.0 Å². The minimum absolute atomic E-state index is 0.0367. The van der Waals surface area contributed by atoms with Crippen molar-refractivity contribution in [3.05, 3.63) is 46.9 Å². The van der Waals surface area contributed by atoms with Crippen LogP contribution in [0.3, 0.4) is 0 Å². The van der Waals surface area contributed by atoms with Crippen molar-refractivity contribution in [3.8, 4) is 5.75 Å². The molecule has 1 fully saturated rings. The van der Waals surface area contributed by atoms with Crippen LogP contribution in [0.4, 0.5) is 16.2 Å². The molecular weight excluding hydrogens is 512 g/mol. The topological polar surface area (TPSA) is 203 Å². The molecule has 0 aliphatic heterocycles. The molecule has 39 heavy (non-hydrogen) atoms. The number of phenols is 1. The number of amides is 2. The summed E-state index contributed by atoms with van der Waals surface area (Å²) in [5.74, 6) is -7.57. The number of aliphatic hydroxyl groups is 3. The molecule has 0 aromatic heterocycles. The molecule has 0 radical (unpaired) electrons. The first-order valence-corrected chi connectivity index (χ1v) is 12.0. The summed E-state index contributed by atoms with van der Waals surface area (Å²) in [5, 5.41) is 47.4. The maximum atomic E-state index is 13.9. The number of carbonyl (C=O) groups is 4. The van der Waals surface area contributed by atoms with Gasteiger partial charge in [0.2, 0.25) is 5.78 Å². The minimum Gasteiger partial charge on any atom is -0.508 e. The number of ketones is 2. The lowest BCUT2D eigenvalue weighted by Gasteiger charge is -2.50. The number of nitrogens with two attached hydrogens (primary N) is 1. The van der Waals surface area contributed by atoms with Crippen LogP contribution >= 0.6 is 0 Å². The number of rotatable bonds is 5. The van der Waals surface area contributed by atoms with E-state index < -0.39 is 69.9 Å². The average Bonchev–Trinajstić information content (AvgIpc) is 2.82. The van der Waals surface area contributed by atoms with Crippen LogP contribution in [-0.4, -0.2) is 88.7 Å². The fourth-order valence-corrected chi connectivity index (χ4v) is 6.00. The van der Waals surface area contributed by atoms with Crippen molar-refractivity contribution in [1.29, 1.82) is 0 Å². The van der Waals surface area contributed by atoms with Gasteiger partial charge in [-0.15, -0.1) is 0 Å². The van der Waals surface area contributed by atoms with Crippen LogP contribution in [0.2, 0.25) is 0 Å². The lowest BCUT2D eigenvalue weighted by Crippen LogP contribution is -2.65. The Morgan fingerprint density at radius 3 is 2.38 bits per heavy atom. The minimum atomic E-state index is -2.74. The van der Waals surface area contributed by atoms with Crippen LogP contribution in [-0.2, 0) is 25.5 Å². The molecule has 13 nitrogen and oxygen atoms in total. The number of Topliss-reactive ketones (excluding diaryl/α,β-unsaturated/α-hetero) is 2. The first-order chi connectivity index (χ1) is 18.2. The Morgan fingerprint density at radius 2 is 1.85 bits per heavy atom. The maximum Gasteiger partial charge on any atom is 0.416 e. The van der Waals surface area contributed by atoms with Crippen molar-refractivity contribution >= 4 is 40.7 Å². The lowest BCUT2D eigenvalue weighted by atomic mass is 9.57. The Bertz CT molecular complexity index is 1390. The second-order valence-corrected chi connectivity index (χ2v) is 10.2. The van der Waals surface area contributed by atoms with Gasteiger partial charge in [0.1, 0.15) is 17.1 Å². The number of likely N-dealkylation sites (N-methyl/N-ethyl adjacent to an activating group) is 1. The molecule has 208 valence electrons. The number of aromatic hydroxyl groups is 1. The number of nitrogens with zero attached hydrogens (tertiary/aromatic N) is 2. The van der Waals surface area contributed by atoms with E-state index in [0.29, 0.717) is 11.3 Å². The van der Waals surface area contributed by atoms with Crippen molar-refractivity contribution < 1.29 is 44.3 Å².